The number of carbonyl (C=O) groups is 2. The minimum atomic E-state index is -0.430. The van der Waals surface area contributed by atoms with Crippen LogP contribution in [-0.2, 0) is 4.79 Å². The Morgan fingerprint density at radius 1 is 1.60 bits per heavy atom. The molecule has 3 N–H and O–H groups in total. The molecular formula is C12H19N5O2S. The van der Waals surface area contributed by atoms with Crippen molar-refractivity contribution >= 4 is 34.1 Å². The van der Waals surface area contributed by atoms with Crippen molar-refractivity contribution in [3.8, 4) is 0 Å². The van der Waals surface area contributed by atoms with Crippen molar-refractivity contribution in [3.05, 3.63) is 4.88 Å². The second-order valence-electron chi connectivity index (χ2n) is 4.82. The highest BCUT2D eigenvalue weighted by molar-refractivity contribution is 7.18. The molecule has 0 aliphatic carbocycles. The summed E-state index contributed by atoms with van der Waals surface area (Å²) in [7, 11) is 3.69. The number of hydrogen-bond acceptors (Lipinski definition) is 6. The van der Waals surface area contributed by atoms with E-state index < -0.39 is 6.04 Å². The number of carbonyl (C=O) groups excluding carboxylic acids is 2. The number of hydrogen-bond donors (Lipinski definition) is 2. The molecule has 110 valence electrons. The van der Waals surface area contributed by atoms with Gasteiger partial charge < -0.3 is 20.9 Å². The molecule has 2 heterocycles. The Balaban J connectivity index is 2.28. The SMILES string of the molecule is CCC1C(=O)NCCN1C(=O)c1sc(N(C)C)nc1N. The van der Waals surface area contributed by atoms with Crippen molar-refractivity contribution < 1.29 is 9.59 Å². The molecule has 20 heavy (non-hydrogen) atoms. The number of nitrogens with one attached hydrogen (secondary N) is 1. The zero-order chi connectivity index (χ0) is 14.9. The predicted octanol–water partition coefficient (Wildman–Crippen LogP) is 0.142. The zero-order valence-electron chi connectivity index (χ0n) is 11.8. The van der Waals surface area contributed by atoms with Gasteiger partial charge in [0.2, 0.25) is 5.91 Å². The highest BCUT2D eigenvalue weighted by atomic mass is 32.1. The number of nitrogens with zero attached hydrogens (tertiary/aromatic N) is 3. The maximum atomic E-state index is 12.6. The van der Waals surface area contributed by atoms with Crippen molar-refractivity contribution in [2.45, 2.75) is 19.4 Å². The molecule has 0 saturated carbocycles. The molecule has 1 saturated heterocycles. The van der Waals surface area contributed by atoms with Gasteiger partial charge in [0, 0.05) is 27.2 Å². The fourth-order valence-electron chi connectivity index (χ4n) is 2.16. The van der Waals surface area contributed by atoms with Crippen molar-refractivity contribution in [2.24, 2.45) is 0 Å². The lowest BCUT2D eigenvalue weighted by Gasteiger charge is -2.34. The Morgan fingerprint density at radius 3 is 2.85 bits per heavy atom. The molecule has 1 aromatic heterocycles. The van der Waals surface area contributed by atoms with Gasteiger partial charge in [0.25, 0.3) is 5.91 Å². The van der Waals surface area contributed by atoms with Gasteiger partial charge in [-0.1, -0.05) is 18.3 Å². The number of anilines is 2. The van der Waals surface area contributed by atoms with Gasteiger partial charge in [-0.05, 0) is 6.42 Å². The van der Waals surface area contributed by atoms with Crippen LogP contribution in [-0.4, -0.2) is 54.9 Å². The smallest absolute Gasteiger partial charge is 0.268 e. The van der Waals surface area contributed by atoms with Crippen molar-refractivity contribution in [1.82, 2.24) is 15.2 Å². The predicted molar refractivity (Wildman–Crippen MR) is 79.0 cm³/mol. The summed E-state index contributed by atoms with van der Waals surface area (Å²) in [5.41, 5.74) is 5.83. The molecule has 0 bridgehead atoms. The van der Waals surface area contributed by atoms with Crippen molar-refractivity contribution in [2.75, 3.05) is 37.8 Å². The minimum absolute atomic E-state index is 0.108. The van der Waals surface area contributed by atoms with E-state index in [1.807, 2.05) is 21.0 Å². The first kappa shape index (κ1) is 14.6. The summed E-state index contributed by atoms with van der Waals surface area (Å²) in [6.07, 6.45) is 0.580. The van der Waals surface area contributed by atoms with E-state index in [-0.39, 0.29) is 17.6 Å². The Kier molecular flexibility index (Phi) is 4.12. The van der Waals surface area contributed by atoms with Gasteiger partial charge in [0.05, 0.1) is 0 Å². The van der Waals surface area contributed by atoms with Crippen LogP contribution in [0.25, 0.3) is 0 Å². The first-order chi connectivity index (χ1) is 9.45. The summed E-state index contributed by atoms with van der Waals surface area (Å²) >= 11 is 1.25. The van der Waals surface area contributed by atoms with Crippen LogP contribution in [0, 0.1) is 0 Å². The maximum Gasteiger partial charge on any atom is 0.268 e. The molecular weight excluding hydrogens is 278 g/mol. The second-order valence-corrected chi connectivity index (χ2v) is 5.80. The van der Waals surface area contributed by atoms with E-state index in [1.165, 1.54) is 11.3 Å². The van der Waals surface area contributed by atoms with E-state index in [0.717, 1.165) is 0 Å². The molecule has 2 amide bonds. The van der Waals surface area contributed by atoms with Gasteiger partial charge >= 0.3 is 0 Å². The fraction of sp³-hybridized carbons (Fsp3) is 0.583. The number of nitrogen functional groups attached to an aromatic ring is 1. The third-order valence-electron chi connectivity index (χ3n) is 3.20. The largest absolute Gasteiger partial charge is 0.382 e. The van der Waals surface area contributed by atoms with Crippen LogP contribution >= 0.6 is 11.3 Å². The minimum Gasteiger partial charge on any atom is -0.382 e. The van der Waals surface area contributed by atoms with Gasteiger partial charge in [-0.15, -0.1) is 0 Å². The topological polar surface area (TPSA) is 91.6 Å². The van der Waals surface area contributed by atoms with E-state index in [4.69, 9.17) is 5.73 Å². The molecule has 0 aromatic carbocycles. The van der Waals surface area contributed by atoms with E-state index in [9.17, 15) is 9.59 Å². The summed E-state index contributed by atoms with van der Waals surface area (Å²) in [5, 5.41) is 3.45. The summed E-state index contributed by atoms with van der Waals surface area (Å²) in [5.74, 6) is -0.0950. The van der Waals surface area contributed by atoms with Crippen LogP contribution in [0.15, 0.2) is 0 Å². The first-order valence-electron chi connectivity index (χ1n) is 6.48. The molecule has 0 spiro atoms. The molecule has 1 fully saturated rings. The lowest BCUT2D eigenvalue weighted by molar-refractivity contribution is -0.127. The highest BCUT2D eigenvalue weighted by Crippen LogP contribution is 2.29. The Labute approximate surface area is 121 Å². The molecule has 2 rings (SSSR count). The van der Waals surface area contributed by atoms with Gasteiger partial charge in [0.1, 0.15) is 16.7 Å². The standard InChI is InChI=1S/C12H19N5O2S/c1-4-7-10(18)14-5-6-17(7)11(19)8-9(13)15-12(20-8)16(2)3/h7H,4-6,13H2,1-3H3,(H,14,18). The number of piperazine rings is 1. The summed E-state index contributed by atoms with van der Waals surface area (Å²) < 4.78 is 0. The van der Waals surface area contributed by atoms with Crippen LogP contribution in [0.1, 0.15) is 23.0 Å². The summed E-state index contributed by atoms with van der Waals surface area (Å²) in [6.45, 7) is 2.86. The number of rotatable bonds is 3. The summed E-state index contributed by atoms with van der Waals surface area (Å²) in [4.78, 5) is 32.4. The van der Waals surface area contributed by atoms with Crippen LogP contribution in [0.5, 0.6) is 0 Å². The third-order valence-corrected chi connectivity index (χ3v) is 4.42. The Hall–Kier alpha value is -1.83. The lowest BCUT2D eigenvalue weighted by atomic mass is 10.1. The van der Waals surface area contributed by atoms with E-state index in [0.29, 0.717) is 29.5 Å². The fourth-order valence-corrected chi connectivity index (χ4v) is 3.02. The zero-order valence-corrected chi connectivity index (χ0v) is 12.7. The highest BCUT2D eigenvalue weighted by Gasteiger charge is 2.34. The lowest BCUT2D eigenvalue weighted by Crippen LogP contribution is -2.56. The molecule has 1 unspecified atom stereocenters. The second kappa shape index (κ2) is 5.66. The number of thiazole rings is 1. The third kappa shape index (κ3) is 2.55. The molecule has 7 nitrogen and oxygen atoms in total. The molecule has 1 aromatic rings. The Bertz CT molecular complexity index is 528. The number of amides is 2. The first-order valence-corrected chi connectivity index (χ1v) is 7.29. The molecule has 1 aliphatic heterocycles. The van der Waals surface area contributed by atoms with E-state index >= 15 is 0 Å². The number of nitrogens with two attached hydrogens (primary N) is 1. The molecule has 0 radical (unpaired) electrons. The van der Waals surface area contributed by atoms with Crippen molar-refractivity contribution in [3.63, 3.8) is 0 Å². The van der Waals surface area contributed by atoms with Gasteiger partial charge in [-0.2, -0.15) is 0 Å². The molecule has 1 atom stereocenters. The van der Waals surface area contributed by atoms with E-state index in [2.05, 4.69) is 10.3 Å². The average molecular weight is 297 g/mol. The van der Waals surface area contributed by atoms with Crippen LogP contribution in [0.2, 0.25) is 0 Å². The maximum absolute atomic E-state index is 12.6. The van der Waals surface area contributed by atoms with Gasteiger partial charge in [-0.25, -0.2) is 4.98 Å². The number of aromatic nitrogens is 1. The van der Waals surface area contributed by atoms with Crippen LogP contribution < -0.4 is 16.0 Å². The molecule has 8 heteroatoms. The quantitative estimate of drug-likeness (QED) is 0.828. The van der Waals surface area contributed by atoms with Gasteiger partial charge in [-0.3, -0.25) is 9.59 Å². The van der Waals surface area contributed by atoms with E-state index in [1.54, 1.807) is 9.80 Å². The average Bonchev–Trinajstić information content (AvgIpc) is 2.80. The summed E-state index contributed by atoms with van der Waals surface area (Å²) in [6, 6.07) is -0.430. The normalized spacial score (nSPS) is 18.9. The molecule has 1 aliphatic rings. The van der Waals surface area contributed by atoms with Gasteiger partial charge in [0.15, 0.2) is 5.13 Å². The van der Waals surface area contributed by atoms with Crippen LogP contribution in [0.3, 0.4) is 0 Å². The Morgan fingerprint density at radius 2 is 2.30 bits per heavy atom. The monoisotopic (exact) mass is 297 g/mol. The van der Waals surface area contributed by atoms with Crippen LogP contribution in [0.4, 0.5) is 10.9 Å². The van der Waals surface area contributed by atoms with Crippen molar-refractivity contribution in [1.29, 1.82) is 0 Å².